The van der Waals surface area contributed by atoms with Crippen molar-refractivity contribution in [2.75, 3.05) is 6.61 Å². The number of nitrogens with zero attached hydrogens (tertiary/aromatic N) is 1. The number of nitrogens with one attached hydrogen (secondary N) is 1. The Morgan fingerprint density at radius 2 is 1.88 bits per heavy atom. The maximum atomic E-state index is 12.7. The average Bonchev–Trinajstić information content (AvgIpc) is 3.09. The predicted molar refractivity (Wildman–Crippen MR) is 91.4 cm³/mol. The molecule has 24 heavy (non-hydrogen) atoms. The van der Waals surface area contributed by atoms with E-state index in [0.717, 1.165) is 24.8 Å². The molecule has 1 N–H and O–H groups in total. The lowest BCUT2D eigenvalue weighted by atomic mass is 9.75. The van der Waals surface area contributed by atoms with Crippen LogP contribution in [0.15, 0.2) is 54.9 Å². The number of pyridine rings is 1. The highest BCUT2D eigenvalue weighted by molar-refractivity contribution is 5.80. The molecule has 4 nitrogen and oxygen atoms in total. The van der Waals surface area contributed by atoms with Crippen molar-refractivity contribution in [1.29, 1.82) is 0 Å². The van der Waals surface area contributed by atoms with Gasteiger partial charge in [-0.2, -0.15) is 0 Å². The highest BCUT2D eigenvalue weighted by Crippen LogP contribution is 2.38. The zero-order valence-corrected chi connectivity index (χ0v) is 13.6. The SMILES string of the molecule is O=C(NC1CC(c2ccccc2)C1)[C@H]1CCO[C@@H]1c1cccnc1. The molecule has 0 spiro atoms. The molecule has 2 aliphatic rings. The molecule has 1 aromatic carbocycles. The van der Waals surface area contributed by atoms with Gasteiger partial charge in [-0.15, -0.1) is 0 Å². The van der Waals surface area contributed by atoms with E-state index in [1.807, 2.05) is 18.2 Å². The number of hydrogen-bond acceptors (Lipinski definition) is 3. The fraction of sp³-hybridized carbons (Fsp3) is 0.400. The molecule has 2 fully saturated rings. The van der Waals surface area contributed by atoms with Crippen molar-refractivity contribution in [3.05, 3.63) is 66.0 Å². The van der Waals surface area contributed by atoms with Crippen molar-refractivity contribution in [2.45, 2.75) is 37.3 Å². The summed E-state index contributed by atoms with van der Waals surface area (Å²) in [5.74, 6) is 0.591. The lowest BCUT2D eigenvalue weighted by Crippen LogP contribution is -2.46. The smallest absolute Gasteiger partial charge is 0.226 e. The van der Waals surface area contributed by atoms with Gasteiger partial charge in [-0.3, -0.25) is 9.78 Å². The molecule has 2 atom stereocenters. The quantitative estimate of drug-likeness (QED) is 0.940. The summed E-state index contributed by atoms with van der Waals surface area (Å²) < 4.78 is 5.80. The van der Waals surface area contributed by atoms with Gasteiger partial charge < -0.3 is 10.1 Å². The van der Waals surface area contributed by atoms with Crippen LogP contribution in [-0.4, -0.2) is 23.5 Å². The van der Waals surface area contributed by atoms with Gasteiger partial charge in [0, 0.05) is 25.0 Å². The van der Waals surface area contributed by atoms with E-state index in [1.165, 1.54) is 5.56 Å². The van der Waals surface area contributed by atoms with Gasteiger partial charge in [-0.25, -0.2) is 0 Å². The van der Waals surface area contributed by atoms with E-state index in [2.05, 4.69) is 34.6 Å². The Labute approximate surface area is 142 Å². The van der Waals surface area contributed by atoms with Crippen LogP contribution in [0.2, 0.25) is 0 Å². The van der Waals surface area contributed by atoms with E-state index in [4.69, 9.17) is 4.74 Å². The van der Waals surface area contributed by atoms with Crippen LogP contribution in [0.1, 0.15) is 42.4 Å². The van der Waals surface area contributed by atoms with Crippen LogP contribution >= 0.6 is 0 Å². The zero-order chi connectivity index (χ0) is 16.4. The number of rotatable bonds is 4. The molecule has 1 saturated carbocycles. The third-order valence-electron chi connectivity index (χ3n) is 5.20. The standard InChI is InChI=1S/C20H22N2O2/c23-20(18-8-10-24-19(18)15-7-4-9-21-13-15)22-17-11-16(12-17)14-5-2-1-3-6-14/h1-7,9,13,16-19H,8,10-12H2,(H,22,23)/t16?,17?,18-,19+/m0/s1. The first-order chi connectivity index (χ1) is 11.8. The maximum absolute atomic E-state index is 12.7. The molecule has 1 saturated heterocycles. The summed E-state index contributed by atoms with van der Waals surface area (Å²) in [4.78, 5) is 16.8. The molecule has 1 amide bonds. The maximum Gasteiger partial charge on any atom is 0.226 e. The van der Waals surface area contributed by atoms with Crippen molar-refractivity contribution < 1.29 is 9.53 Å². The first kappa shape index (κ1) is 15.3. The van der Waals surface area contributed by atoms with Crippen molar-refractivity contribution in [3.8, 4) is 0 Å². The van der Waals surface area contributed by atoms with Crippen molar-refractivity contribution >= 4 is 5.91 Å². The number of ether oxygens (including phenoxy) is 1. The summed E-state index contributed by atoms with van der Waals surface area (Å²) in [5, 5.41) is 3.22. The van der Waals surface area contributed by atoms with Crippen molar-refractivity contribution in [3.63, 3.8) is 0 Å². The number of amides is 1. The van der Waals surface area contributed by atoms with Crippen LogP contribution in [0.3, 0.4) is 0 Å². The van der Waals surface area contributed by atoms with Crippen LogP contribution in [-0.2, 0) is 9.53 Å². The van der Waals surface area contributed by atoms with Gasteiger partial charge >= 0.3 is 0 Å². The Hall–Kier alpha value is -2.20. The molecule has 0 radical (unpaired) electrons. The number of benzene rings is 1. The third kappa shape index (κ3) is 3.06. The highest BCUT2D eigenvalue weighted by atomic mass is 16.5. The fourth-order valence-corrected chi connectivity index (χ4v) is 3.77. The largest absolute Gasteiger partial charge is 0.373 e. The van der Waals surface area contributed by atoms with Crippen LogP contribution in [0.4, 0.5) is 0 Å². The van der Waals surface area contributed by atoms with Crippen LogP contribution in [0.25, 0.3) is 0 Å². The lowest BCUT2D eigenvalue weighted by molar-refractivity contribution is -0.128. The third-order valence-corrected chi connectivity index (χ3v) is 5.20. The monoisotopic (exact) mass is 322 g/mol. The zero-order valence-electron chi connectivity index (χ0n) is 13.6. The molecule has 2 aromatic rings. The minimum absolute atomic E-state index is 0.107. The average molecular weight is 322 g/mol. The van der Waals surface area contributed by atoms with E-state index >= 15 is 0 Å². The molecule has 2 heterocycles. The summed E-state index contributed by atoms with van der Waals surface area (Å²) in [6.45, 7) is 0.634. The van der Waals surface area contributed by atoms with Crippen molar-refractivity contribution in [1.82, 2.24) is 10.3 Å². The molecule has 1 aliphatic carbocycles. The van der Waals surface area contributed by atoms with Gasteiger partial charge in [-0.05, 0) is 42.4 Å². The highest BCUT2D eigenvalue weighted by Gasteiger charge is 2.38. The summed E-state index contributed by atoms with van der Waals surface area (Å²) in [6, 6.07) is 14.7. The predicted octanol–water partition coefficient (Wildman–Crippen LogP) is 3.22. The van der Waals surface area contributed by atoms with Gasteiger partial charge in [0.1, 0.15) is 0 Å². The molecule has 0 unspecified atom stereocenters. The van der Waals surface area contributed by atoms with Gasteiger partial charge in [0.15, 0.2) is 0 Å². The second-order valence-electron chi connectivity index (χ2n) is 6.76. The molecular formula is C20H22N2O2. The minimum Gasteiger partial charge on any atom is -0.373 e. The molecule has 0 bridgehead atoms. The topological polar surface area (TPSA) is 51.2 Å². The number of aromatic nitrogens is 1. The molecular weight excluding hydrogens is 300 g/mol. The first-order valence-corrected chi connectivity index (χ1v) is 8.68. The van der Waals surface area contributed by atoms with Crippen LogP contribution in [0.5, 0.6) is 0 Å². The minimum atomic E-state index is -0.163. The molecule has 1 aromatic heterocycles. The number of carbonyl (C=O) groups excluding carboxylic acids is 1. The summed E-state index contributed by atoms with van der Waals surface area (Å²) >= 11 is 0. The summed E-state index contributed by atoms with van der Waals surface area (Å²) in [5.41, 5.74) is 2.37. The Balaban J connectivity index is 1.34. The number of hydrogen-bond donors (Lipinski definition) is 1. The molecule has 124 valence electrons. The van der Waals surface area contributed by atoms with E-state index in [-0.39, 0.29) is 24.0 Å². The van der Waals surface area contributed by atoms with E-state index in [0.29, 0.717) is 12.5 Å². The van der Waals surface area contributed by atoms with Gasteiger partial charge in [0.2, 0.25) is 5.91 Å². The number of carbonyl (C=O) groups is 1. The Morgan fingerprint density at radius 1 is 1.08 bits per heavy atom. The van der Waals surface area contributed by atoms with Gasteiger partial charge in [-0.1, -0.05) is 36.4 Å². The molecule has 1 aliphatic heterocycles. The van der Waals surface area contributed by atoms with Crippen LogP contribution in [0, 0.1) is 5.92 Å². The normalized spacial score (nSPS) is 29.0. The van der Waals surface area contributed by atoms with E-state index in [1.54, 1.807) is 12.4 Å². The summed E-state index contributed by atoms with van der Waals surface area (Å²) in [6.07, 6.45) is 6.21. The van der Waals surface area contributed by atoms with Crippen LogP contribution < -0.4 is 5.32 Å². The van der Waals surface area contributed by atoms with E-state index < -0.39 is 0 Å². The van der Waals surface area contributed by atoms with Gasteiger partial charge in [0.25, 0.3) is 0 Å². The Bertz CT molecular complexity index is 683. The van der Waals surface area contributed by atoms with E-state index in [9.17, 15) is 4.79 Å². The van der Waals surface area contributed by atoms with Gasteiger partial charge in [0.05, 0.1) is 12.0 Å². The Morgan fingerprint density at radius 3 is 2.62 bits per heavy atom. The molecule has 4 heteroatoms. The fourth-order valence-electron chi connectivity index (χ4n) is 3.77. The second-order valence-corrected chi connectivity index (χ2v) is 6.76. The lowest BCUT2D eigenvalue weighted by Gasteiger charge is -2.37. The molecule has 4 rings (SSSR count). The Kier molecular flexibility index (Phi) is 4.30. The second kappa shape index (κ2) is 6.73. The first-order valence-electron chi connectivity index (χ1n) is 8.68. The van der Waals surface area contributed by atoms with Crippen molar-refractivity contribution in [2.24, 2.45) is 5.92 Å². The summed E-state index contributed by atoms with van der Waals surface area (Å²) in [7, 11) is 0.